The fraction of sp³-hybridized carbons (Fsp3) is 0.571. The van der Waals surface area contributed by atoms with E-state index in [1.165, 1.54) is 6.07 Å². The monoisotopic (exact) mass is 292 g/mol. The van der Waals surface area contributed by atoms with E-state index in [0.29, 0.717) is 31.1 Å². The van der Waals surface area contributed by atoms with Crippen LogP contribution in [0.3, 0.4) is 0 Å². The Hall–Kier alpha value is -2.18. The van der Waals surface area contributed by atoms with E-state index in [0.717, 1.165) is 12.8 Å². The largest absolute Gasteiger partial charge is 0.481 e. The summed E-state index contributed by atoms with van der Waals surface area (Å²) in [7, 11) is 0. The van der Waals surface area contributed by atoms with E-state index in [4.69, 9.17) is 5.73 Å². The van der Waals surface area contributed by atoms with E-state index in [1.807, 2.05) is 0 Å². The molecule has 1 heterocycles. The quantitative estimate of drug-likeness (QED) is 0.752. The minimum absolute atomic E-state index is 0.0833. The molecule has 1 aliphatic carbocycles. The SMILES string of the molecule is CC1CCC(CNc2ccc(C(N)=O)nn2)(C(=O)O)CC1. The number of aliphatic carboxylic acids is 1. The lowest BCUT2D eigenvalue weighted by Crippen LogP contribution is -2.41. The van der Waals surface area contributed by atoms with Crippen molar-refractivity contribution in [3.63, 3.8) is 0 Å². The summed E-state index contributed by atoms with van der Waals surface area (Å²) in [4.78, 5) is 22.5. The van der Waals surface area contributed by atoms with Crippen LogP contribution in [0.4, 0.5) is 5.82 Å². The Kier molecular flexibility index (Phi) is 4.40. The molecule has 0 saturated heterocycles. The molecule has 2 rings (SSSR count). The van der Waals surface area contributed by atoms with Crippen molar-refractivity contribution in [2.24, 2.45) is 17.1 Å². The van der Waals surface area contributed by atoms with E-state index < -0.39 is 17.3 Å². The average molecular weight is 292 g/mol. The van der Waals surface area contributed by atoms with Crippen molar-refractivity contribution in [2.75, 3.05) is 11.9 Å². The molecule has 1 aromatic heterocycles. The van der Waals surface area contributed by atoms with Gasteiger partial charge in [0.05, 0.1) is 5.41 Å². The summed E-state index contributed by atoms with van der Waals surface area (Å²) in [5, 5.41) is 20.1. The van der Waals surface area contributed by atoms with E-state index in [-0.39, 0.29) is 5.69 Å². The van der Waals surface area contributed by atoms with Crippen molar-refractivity contribution in [3.05, 3.63) is 17.8 Å². The van der Waals surface area contributed by atoms with Crippen molar-refractivity contribution in [2.45, 2.75) is 32.6 Å². The molecule has 0 aliphatic heterocycles. The van der Waals surface area contributed by atoms with Gasteiger partial charge in [0.25, 0.3) is 5.91 Å². The molecule has 0 aromatic carbocycles. The summed E-state index contributed by atoms with van der Waals surface area (Å²) in [6.45, 7) is 2.45. The molecule has 4 N–H and O–H groups in total. The highest BCUT2D eigenvalue weighted by atomic mass is 16.4. The molecule has 0 atom stereocenters. The highest BCUT2D eigenvalue weighted by Crippen LogP contribution is 2.39. The average Bonchev–Trinajstić information content (AvgIpc) is 2.47. The van der Waals surface area contributed by atoms with Gasteiger partial charge >= 0.3 is 5.97 Å². The zero-order valence-corrected chi connectivity index (χ0v) is 12.0. The number of nitrogens with one attached hydrogen (secondary N) is 1. The highest BCUT2D eigenvalue weighted by molar-refractivity contribution is 5.90. The maximum absolute atomic E-state index is 11.6. The predicted molar refractivity (Wildman–Crippen MR) is 76.7 cm³/mol. The summed E-state index contributed by atoms with van der Waals surface area (Å²) in [5.74, 6) is -0.396. The van der Waals surface area contributed by atoms with E-state index >= 15 is 0 Å². The first-order valence-electron chi connectivity index (χ1n) is 7.04. The molecular weight excluding hydrogens is 272 g/mol. The van der Waals surface area contributed by atoms with E-state index in [2.05, 4.69) is 22.4 Å². The number of aromatic nitrogens is 2. The third-order valence-electron chi connectivity index (χ3n) is 4.21. The zero-order valence-electron chi connectivity index (χ0n) is 12.0. The number of carbonyl (C=O) groups excluding carboxylic acids is 1. The third kappa shape index (κ3) is 3.48. The lowest BCUT2D eigenvalue weighted by atomic mass is 9.71. The Morgan fingerprint density at radius 2 is 2.05 bits per heavy atom. The molecule has 7 nitrogen and oxygen atoms in total. The molecule has 7 heteroatoms. The van der Waals surface area contributed by atoms with Gasteiger partial charge in [-0.3, -0.25) is 9.59 Å². The maximum atomic E-state index is 11.6. The van der Waals surface area contributed by atoms with Gasteiger partial charge in [-0.15, -0.1) is 10.2 Å². The number of carboxylic acid groups (broad SMARTS) is 1. The topological polar surface area (TPSA) is 118 Å². The van der Waals surface area contributed by atoms with Gasteiger partial charge < -0.3 is 16.2 Å². The van der Waals surface area contributed by atoms with Crippen LogP contribution in [0.2, 0.25) is 0 Å². The first-order chi connectivity index (χ1) is 9.93. The molecule has 21 heavy (non-hydrogen) atoms. The third-order valence-corrected chi connectivity index (χ3v) is 4.21. The van der Waals surface area contributed by atoms with Crippen LogP contribution in [0.15, 0.2) is 12.1 Å². The van der Waals surface area contributed by atoms with Crippen molar-refractivity contribution in [1.29, 1.82) is 0 Å². The van der Waals surface area contributed by atoms with Crippen LogP contribution in [-0.2, 0) is 4.79 Å². The van der Waals surface area contributed by atoms with Gasteiger partial charge in [0.2, 0.25) is 0 Å². The molecule has 0 unspecified atom stereocenters. The van der Waals surface area contributed by atoms with Crippen LogP contribution in [0.25, 0.3) is 0 Å². The molecule has 1 saturated carbocycles. The molecule has 1 amide bonds. The van der Waals surface area contributed by atoms with Crippen LogP contribution in [0.5, 0.6) is 0 Å². The van der Waals surface area contributed by atoms with E-state index in [1.54, 1.807) is 6.07 Å². The Morgan fingerprint density at radius 1 is 1.38 bits per heavy atom. The van der Waals surface area contributed by atoms with Crippen molar-refractivity contribution < 1.29 is 14.7 Å². The van der Waals surface area contributed by atoms with Gasteiger partial charge in [-0.1, -0.05) is 6.92 Å². The summed E-state index contributed by atoms with van der Waals surface area (Å²) >= 11 is 0. The second-order valence-corrected chi connectivity index (χ2v) is 5.79. The maximum Gasteiger partial charge on any atom is 0.311 e. The van der Waals surface area contributed by atoms with Crippen LogP contribution in [0, 0.1) is 11.3 Å². The Balaban J connectivity index is 2.02. The standard InChI is InChI=1S/C14H20N4O3/c1-9-4-6-14(7-5-9,13(20)21)8-16-11-3-2-10(12(15)19)17-18-11/h2-3,9H,4-8H2,1H3,(H2,15,19)(H,16,18)(H,20,21). The fourth-order valence-electron chi connectivity index (χ4n) is 2.60. The van der Waals surface area contributed by atoms with Crippen molar-refractivity contribution in [1.82, 2.24) is 10.2 Å². The second-order valence-electron chi connectivity index (χ2n) is 5.79. The second kappa shape index (κ2) is 6.07. The molecule has 0 bridgehead atoms. The Bertz CT molecular complexity index is 522. The lowest BCUT2D eigenvalue weighted by molar-refractivity contribution is -0.150. The normalized spacial score (nSPS) is 25.3. The lowest BCUT2D eigenvalue weighted by Gasteiger charge is -2.35. The summed E-state index contributed by atoms with van der Waals surface area (Å²) in [6.07, 6.45) is 3.15. The number of carboxylic acids is 1. The van der Waals surface area contributed by atoms with Crippen LogP contribution in [0.1, 0.15) is 43.1 Å². The fourth-order valence-corrected chi connectivity index (χ4v) is 2.60. The Morgan fingerprint density at radius 3 is 2.52 bits per heavy atom. The van der Waals surface area contributed by atoms with Gasteiger partial charge in [0.1, 0.15) is 5.82 Å². The van der Waals surface area contributed by atoms with Crippen LogP contribution in [-0.4, -0.2) is 33.7 Å². The number of hydrogen-bond acceptors (Lipinski definition) is 5. The molecule has 0 spiro atoms. The zero-order chi connectivity index (χ0) is 15.5. The molecule has 0 radical (unpaired) electrons. The summed E-state index contributed by atoms with van der Waals surface area (Å²) in [5.41, 5.74) is 4.42. The Labute approximate surface area is 122 Å². The number of anilines is 1. The minimum Gasteiger partial charge on any atom is -0.481 e. The van der Waals surface area contributed by atoms with Crippen LogP contribution >= 0.6 is 0 Å². The first-order valence-corrected chi connectivity index (χ1v) is 7.04. The number of primary amides is 1. The number of carbonyl (C=O) groups is 2. The van der Waals surface area contributed by atoms with Crippen LogP contribution < -0.4 is 11.1 Å². The number of amides is 1. The van der Waals surface area contributed by atoms with Gasteiger partial charge in [-0.25, -0.2) is 0 Å². The summed E-state index contributed by atoms with van der Waals surface area (Å²) in [6, 6.07) is 3.04. The van der Waals surface area contributed by atoms with Crippen molar-refractivity contribution >= 4 is 17.7 Å². The number of rotatable bonds is 5. The van der Waals surface area contributed by atoms with Crippen molar-refractivity contribution in [3.8, 4) is 0 Å². The number of hydrogen-bond donors (Lipinski definition) is 3. The number of nitrogens with zero attached hydrogens (tertiary/aromatic N) is 2. The highest BCUT2D eigenvalue weighted by Gasteiger charge is 2.41. The van der Waals surface area contributed by atoms with Gasteiger partial charge in [0, 0.05) is 6.54 Å². The predicted octanol–water partition coefficient (Wildman–Crippen LogP) is 1.27. The van der Waals surface area contributed by atoms with Gasteiger partial charge in [-0.05, 0) is 43.7 Å². The first kappa shape index (κ1) is 15.2. The van der Waals surface area contributed by atoms with Gasteiger partial charge in [0.15, 0.2) is 5.69 Å². The minimum atomic E-state index is -0.774. The molecule has 1 aliphatic rings. The molecule has 1 fully saturated rings. The molecule has 1 aromatic rings. The smallest absolute Gasteiger partial charge is 0.311 e. The van der Waals surface area contributed by atoms with Gasteiger partial charge in [-0.2, -0.15) is 0 Å². The molecular formula is C14H20N4O3. The summed E-state index contributed by atoms with van der Waals surface area (Å²) < 4.78 is 0. The molecule has 114 valence electrons. The van der Waals surface area contributed by atoms with E-state index in [9.17, 15) is 14.7 Å². The number of nitrogens with two attached hydrogens (primary N) is 1.